The van der Waals surface area contributed by atoms with Crippen LogP contribution >= 0.6 is 0 Å². The van der Waals surface area contributed by atoms with Gasteiger partial charge in [0, 0.05) is 30.9 Å². The first-order valence-corrected chi connectivity index (χ1v) is 4.99. The average Bonchev–Trinajstić information content (AvgIpc) is 2.43. The summed E-state index contributed by atoms with van der Waals surface area (Å²) in [6.45, 7) is 7.26. The van der Waals surface area contributed by atoms with Crippen molar-refractivity contribution >= 4 is 6.08 Å². The van der Waals surface area contributed by atoms with Crippen LogP contribution in [0.25, 0.3) is 6.08 Å². The Balaban J connectivity index is 2.48. The van der Waals surface area contributed by atoms with Crippen LogP contribution in [0.2, 0.25) is 0 Å². The second kappa shape index (κ2) is 4.96. The molecular formula is C11H19N3. The molecule has 0 aliphatic carbocycles. The molecule has 0 radical (unpaired) electrons. The first-order valence-electron chi connectivity index (χ1n) is 4.99. The number of hydrogen-bond donors (Lipinski definition) is 1. The minimum absolute atomic E-state index is 0.537. The van der Waals surface area contributed by atoms with Gasteiger partial charge in [-0.05, 0) is 6.92 Å². The van der Waals surface area contributed by atoms with Crippen LogP contribution in [0.15, 0.2) is 12.3 Å². The van der Waals surface area contributed by atoms with Gasteiger partial charge < -0.3 is 5.32 Å². The maximum atomic E-state index is 4.18. The molecule has 1 heterocycles. The Hall–Kier alpha value is -1.09. The molecule has 78 valence electrons. The fourth-order valence-corrected chi connectivity index (χ4v) is 1.17. The summed E-state index contributed by atoms with van der Waals surface area (Å²) in [6, 6.07) is 0.537. The van der Waals surface area contributed by atoms with Gasteiger partial charge >= 0.3 is 0 Å². The Kier molecular flexibility index (Phi) is 3.89. The van der Waals surface area contributed by atoms with Crippen LogP contribution in [0.5, 0.6) is 0 Å². The summed E-state index contributed by atoms with van der Waals surface area (Å²) >= 11 is 0. The van der Waals surface area contributed by atoms with Gasteiger partial charge in [0.25, 0.3) is 0 Å². The largest absolute Gasteiger partial charge is 0.311 e. The minimum atomic E-state index is 0.537. The Labute approximate surface area is 85.8 Å². The van der Waals surface area contributed by atoms with Crippen molar-refractivity contribution in [1.82, 2.24) is 15.1 Å². The van der Waals surface area contributed by atoms with E-state index in [4.69, 9.17) is 0 Å². The standard InChI is InChI=1S/C11H19N3/c1-9(2)12-7-5-6-11-8-13-14(4)10(11)3/h5-6,8-9,12H,7H2,1-4H3. The van der Waals surface area contributed by atoms with E-state index in [9.17, 15) is 0 Å². The van der Waals surface area contributed by atoms with E-state index >= 15 is 0 Å². The molecule has 0 fully saturated rings. The molecule has 1 rings (SSSR count). The fraction of sp³-hybridized carbons (Fsp3) is 0.545. The van der Waals surface area contributed by atoms with E-state index in [0.29, 0.717) is 6.04 Å². The molecule has 0 bridgehead atoms. The Bertz CT molecular complexity index is 310. The number of nitrogens with zero attached hydrogens (tertiary/aromatic N) is 2. The van der Waals surface area contributed by atoms with Crippen molar-refractivity contribution in [1.29, 1.82) is 0 Å². The maximum Gasteiger partial charge on any atom is 0.0564 e. The molecule has 3 heteroatoms. The van der Waals surface area contributed by atoms with E-state index in [2.05, 4.69) is 43.3 Å². The van der Waals surface area contributed by atoms with Gasteiger partial charge in [0.15, 0.2) is 0 Å². The third-order valence-electron chi connectivity index (χ3n) is 2.21. The molecule has 0 aliphatic rings. The molecule has 3 nitrogen and oxygen atoms in total. The molecule has 0 aromatic carbocycles. The smallest absolute Gasteiger partial charge is 0.0564 e. The highest BCUT2D eigenvalue weighted by atomic mass is 15.3. The van der Waals surface area contributed by atoms with Gasteiger partial charge in [-0.25, -0.2) is 0 Å². The monoisotopic (exact) mass is 193 g/mol. The van der Waals surface area contributed by atoms with Gasteiger partial charge in [0.1, 0.15) is 0 Å². The minimum Gasteiger partial charge on any atom is -0.311 e. The Morgan fingerprint density at radius 2 is 2.29 bits per heavy atom. The summed E-state index contributed by atoms with van der Waals surface area (Å²) in [4.78, 5) is 0. The number of hydrogen-bond acceptors (Lipinski definition) is 2. The van der Waals surface area contributed by atoms with Crippen LogP contribution in [-0.4, -0.2) is 22.4 Å². The molecule has 1 aromatic heterocycles. The maximum absolute atomic E-state index is 4.18. The summed E-state index contributed by atoms with van der Waals surface area (Å²) < 4.78 is 1.88. The summed E-state index contributed by atoms with van der Waals surface area (Å²) in [5, 5.41) is 7.50. The fourth-order valence-electron chi connectivity index (χ4n) is 1.17. The zero-order valence-electron chi connectivity index (χ0n) is 9.41. The first kappa shape index (κ1) is 11.0. The second-order valence-electron chi connectivity index (χ2n) is 3.77. The molecule has 0 saturated heterocycles. The molecular weight excluding hydrogens is 174 g/mol. The molecule has 0 unspecified atom stereocenters. The number of rotatable bonds is 4. The SMILES string of the molecule is Cc1c(C=CCNC(C)C)cnn1C. The normalized spacial score (nSPS) is 11.8. The third-order valence-corrected chi connectivity index (χ3v) is 2.21. The summed E-state index contributed by atoms with van der Waals surface area (Å²) in [7, 11) is 1.96. The average molecular weight is 193 g/mol. The molecule has 14 heavy (non-hydrogen) atoms. The molecule has 0 amide bonds. The van der Waals surface area contributed by atoms with E-state index in [0.717, 1.165) is 6.54 Å². The molecule has 0 saturated carbocycles. The zero-order chi connectivity index (χ0) is 10.6. The van der Waals surface area contributed by atoms with E-state index in [1.54, 1.807) is 0 Å². The van der Waals surface area contributed by atoms with Crippen molar-refractivity contribution in [2.45, 2.75) is 26.8 Å². The van der Waals surface area contributed by atoms with Crippen LogP contribution in [-0.2, 0) is 7.05 Å². The number of aryl methyl sites for hydroxylation is 1. The van der Waals surface area contributed by atoms with Crippen LogP contribution in [0.4, 0.5) is 0 Å². The number of nitrogens with one attached hydrogen (secondary N) is 1. The highest BCUT2D eigenvalue weighted by Gasteiger charge is 1.98. The Morgan fingerprint density at radius 3 is 2.79 bits per heavy atom. The quantitative estimate of drug-likeness (QED) is 0.789. The van der Waals surface area contributed by atoms with Crippen molar-refractivity contribution in [2.24, 2.45) is 7.05 Å². The molecule has 1 aromatic rings. The summed E-state index contributed by atoms with van der Waals surface area (Å²) in [5.74, 6) is 0. The second-order valence-corrected chi connectivity index (χ2v) is 3.77. The van der Waals surface area contributed by atoms with E-state index in [-0.39, 0.29) is 0 Å². The van der Waals surface area contributed by atoms with Crippen LogP contribution in [0.1, 0.15) is 25.1 Å². The summed E-state index contributed by atoms with van der Waals surface area (Å²) in [5.41, 5.74) is 2.39. The van der Waals surface area contributed by atoms with Gasteiger partial charge in [0.2, 0.25) is 0 Å². The molecule has 1 N–H and O–H groups in total. The molecule has 0 atom stereocenters. The van der Waals surface area contributed by atoms with Gasteiger partial charge in [-0.2, -0.15) is 5.10 Å². The predicted octanol–water partition coefficient (Wildman–Crippen LogP) is 1.74. The predicted molar refractivity (Wildman–Crippen MR) is 60.1 cm³/mol. The molecule has 0 spiro atoms. The van der Waals surface area contributed by atoms with Crippen LogP contribution in [0.3, 0.4) is 0 Å². The van der Waals surface area contributed by atoms with Crippen LogP contribution in [0, 0.1) is 6.92 Å². The molecule has 0 aliphatic heterocycles. The van der Waals surface area contributed by atoms with Gasteiger partial charge in [-0.1, -0.05) is 26.0 Å². The topological polar surface area (TPSA) is 29.9 Å². The van der Waals surface area contributed by atoms with Crippen molar-refractivity contribution in [3.8, 4) is 0 Å². The van der Waals surface area contributed by atoms with E-state index in [1.807, 2.05) is 17.9 Å². The van der Waals surface area contributed by atoms with Gasteiger partial charge in [0.05, 0.1) is 6.20 Å². The van der Waals surface area contributed by atoms with Crippen molar-refractivity contribution in [3.63, 3.8) is 0 Å². The first-order chi connectivity index (χ1) is 6.61. The highest BCUT2D eigenvalue weighted by Crippen LogP contribution is 2.06. The zero-order valence-corrected chi connectivity index (χ0v) is 9.41. The lowest BCUT2D eigenvalue weighted by Crippen LogP contribution is -2.22. The lowest BCUT2D eigenvalue weighted by molar-refractivity contribution is 0.633. The Morgan fingerprint density at radius 1 is 1.57 bits per heavy atom. The van der Waals surface area contributed by atoms with Crippen molar-refractivity contribution in [3.05, 3.63) is 23.5 Å². The summed E-state index contributed by atoms with van der Waals surface area (Å²) in [6.07, 6.45) is 6.13. The van der Waals surface area contributed by atoms with Crippen LogP contribution < -0.4 is 5.32 Å². The van der Waals surface area contributed by atoms with E-state index < -0.39 is 0 Å². The highest BCUT2D eigenvalue weighted by molar-refractivity contribution is 5.50. The van der Waals surface area contributed by atoms with Crippen molar-refractivity contribution < 1.29 is 0 Å². The van der Waals surface area contributed by atoms with Crippen molar-refractivity contribution in [2.75, 3.05) is 6.54 Å². The van der Waals surface area contributed by atoms with E-state index in [1.165, 1.54) is 11.3 Å². The van der Waals surface area contributed by atoms with Gasteiger partial charge in [-0.3, -0.25) is 4.68 Å². The lowest BCUT2D eigenvalue weighted by atomic mass is 10.2. The van der Waals surface area contributed by atoms with Gasteiger partial charge in [-0.15, -0.1) is 0 Å². The number of aromatic nitrogens is 2. The lowest BCUT2D eigenvalue weighted by Gasteiger charge is -2.03. The third kappa shape index (κ3) is 3.00.